The van der Waals surface area contributed by atoms with E-state index in [1.165, 1.54) is 44.6 Å². The molecule has 0 amide bonds. The smallest absolute Gasteiger partial charge is 0.302 e. The van der Waals surface area contributed by atoms with Gasteiger partial charge >= 0.3 is 5.97 Å². The van der Waals surface area contributed by atoms with Gasteiger partial charge in [0.25, 0.3) is 0 Å². The number of esters is 1. The van der Waals surface area contributed by atoms with E-state index in [1.807, 2.05) is 6.92 Å². The number of nitrogens with zero attached hydrogens (tertiary/aromatic N) is 1. The number of hydrogen-bond acceptors (Lipinski definition) is 4. The summed E-state index contributed by atoms with van der Waals surface area (Å²) >= 11 is 0. The molecule has 0 bridgehead atoms. The summed E-state index contributed by atoms with van der Waals surface area (Å²) in [5.41, 5.74) is 2.67. The number of allylic oxidation sites excluding steroid dienone is 2. The Morgan fingerprint density at radius 3 is 2.63 bits per heavy atom. The maximum atomic E-state index is 11.4. The molecule has 0 heterocycles. The van der Waals surface area contributed by atoms with Gasteiger partial charge in [-0.1, -0.05) is 25.1 Å². The Bertz CT molecular complexity index is 683. The van der Waals surface area contributed by atoms with Crippen molar-refractivity contribution in [3.05, 3.63) is 11.6 Å². The van der Waals surface area contributed by atoms with E-state index >= 15 is 0 Å². The Morgan fingerprint density at radius 2 is 1.93 bits per heavy atom. The molecular formula is C23H35NO3. The fourth-order valence-electron chi connectivity index (χ4n) is 7.74. The van der Waals surface area contributed by atoms with Gasteiger partial charge in [0.1, 0.15) is 6.10 Å². The molecule has 0 radical (unpaired) electrons. The monoisotopic (exact) mass is 373 g/mol. The van der Waals surface area contributed by atoms with Gasteiger partial charge in [-0.15, -0.1) is 0 Å². The van der Waals surface area contributed by atoms with Crippen LogP contribution in [0.2, 0.25) is 0 Å². The van der Waals surface area contributed by atoms with E-state index in [-0.39, 0.29) is 17.5 Å². The maximum absolute atomic E-state index is 11.4. The number of carbonyl (C=O) groups excluding carboxylic acids is 1. The minimum atomic E-state index is -0.129. The summed E-state index contributed by atoms with van der Waals surface area (Å²) in [5.74, 6) is 2.81. The molecular weight excluding hydrogens is 338 g/mol. The summed E-state index contributed by atoms with van der Waals surface area (Å²) < 4.78 is 5.58. The molecule has 0 unspecified atom stereocenters. The summed E-state index contributed by atoms with van der Waals surface area (Å²) in [4.78, 5) is 11.4. The Balaban J connectivity index is 1.54. The summed E-state index contributed by atoms with van der Waals surface area (Å²) in [6.07, 6.45) is 11.9. The molecule has 150 valence electrons. The van der Waals surface area contributed by atoms with Gasteiger partial charge in [-0.25, -0.2) is 0 Å². The van der Waals surface area contributed by atoms with Crippen LogP contribution in [0.3, 0.4) is 0 Å². The highest BCUT2D eigenvalue weighted by atomic mass is 16.5. The first-order valence-electron chi connectivity index (χ1n) is 10.9. The van der Waals surface area contributed by atoms with Crippen LogP contribution < -0.4 is 0 Å². The van der Waals surface area contributed by atoms with Crippen molar-refractivity contribution in [3.63, 3.8) is 0 Å². The Hall–Kier alpha value is -1.32. The van der Waals surface area contributed by atoms with Crippen molar-refractivity contribution in [1.82, 2.24) is 0 Å². The van der Waals surface area contributed by atoms with Gasteiger partial charge in [0, 0.05) is 6.92 Å². The van der Waals surface area contributed by atoms with Gasteiger partial charge in [0.05, 0.1) is 5.71 Å². The van der Waals surface area contributed by atoms with Gasteiger partial charge in [-0.05, 0) is 98.4 Å². The molecule has 4 aliphatic rings. The van der Waals surface area contributed by atoms with Crippen LogP contribution in [-0.2, 0) is 9.53 Å². The fourth-order valence-corrected chi connectivity index (χ4v) is 7.74. The zero-order valence-electron chi connectivity index (χ0n) is 17.3. The predicted octanol–water partition coefficient (Wildman–Crippen LogP) is 5.35. The van der Waals surface area contributed by atoms with Crippen LogP contribution in [0.25, 0.3) is 0 Å². The Morgan fingerprint density at radius 1 is 1.15 bits per heavy atom. The third kappa shape index (κ3) is 2.86. The van der Waals surface area contributed by atoms with Crippen LogP contribution in [-0.4, -0.2) is 23.0 Å². The molecule has 0 saturated heterocycles. The lowest BCUT2D eigenvalue weighted by Crippen LogP contribution is -2.54. The summed E-state index contributed by atoms with van der Waals surface area (Å²) in [5, 5.41) is 12.9. The molecule has 7 atom stereocenters. The van der Waals surface area contributed by atoms with Crippen LogP contribution >= 0.6 is 0 Å². The number of fused-ring (bicyclic) bond motifs is 5. The van der Waals surface area contributed by atoms with Crippen molar-refractivity contribution in [3.8, 4) is 0 Å². The highest BCUT2D eigenvalue weighted by Gasteiger charge is 2.59. The number of ether oxygens (including phenoxy) is 1. The molecule has 3 fully saturated rings. The van der Waals surface area contributed by atoms with E-state index in [9.17, 15) is 10.0 Å². The standard InChI is InChI=1S/C23H35NO3/c1-14(24-26)19-7-8-20-18-6-5-16-13-17(27-15(2)25)9-11-22(16,3)21(18)10-12-23(19,20)4/h7,16-18,20-21,26H,5-6,8-13H2,1-4H3/b24-14-/t16-,17+,18-,20+,21+,22-,23+/m0/s1. The third-order valence-electron chi connectivity index (χ3n) is 9.07. The topological polar surface area (TPSA) is 58.9 Å². The van der Waals surface area contributed by atoms with Crippen molar-refractivity contribution in [2.75, 3.05) is 0 Å². The first-order valence-corrected chi connectivity index (χ1v) is 10.9. The summed E-state index contributed by atoms with van der Waals surface area (Å²) in [6, 6.07) is 0. The van der Waals surface area contributed by atoms with E-state index in [0.29, 0.717) is 17.3 Å². The maximum Gasteiger partial charge on any atom is 0.302 e. The summed E-state index contributed by atoms with van der Waals surface area (Å²) in [7, 11) is 0. The lowest BCUT2D eigenvalue weighted by Gasteiger charge is -2.60. The van der Waals surface area contributed by atoms with E-state index in [4.69, 9.17) is 4.74 Å². The molecule has 1 N–H and O–H groups in total. The normalized spacial score (nSPS) is 46.7. The van der Waals surface area contributed by atoms with Crippen LogP contribution in [0.5, 0.6) is 0 Å². The van der Waals surface area contributed by atoms with Crippen LogP contribution in [0.15, 0.2) is 16.8 Å². The number of rotatable bonds is 2. The van der Waals surface area contributed by atoms with Crippen molar-refractivity contribution >= 4 is 11.7 Å². The number of oxime groups is 1. The lowest BCUT2D eigenvalue weighted by molar-refractivity contribution is -0.158. The lowest BCUT2D eigenvalue weighted by atomic mass is 9.44. The van der Waals surface area contributed by atoms with Crippen molar-refractivity contribution < 1.29 is 14.7 Å². The quantitative estimate of drug-likeness (QED) is 0.307. The predicted molar refractivity (Wildman–Crippen MR) is 106 cm³/mol. The number of hydrogen-bond donors (Lipinski definition) is 1. The van der Waals surface area contributed by atoms with Crippen LogP contribution in [0.1, 0.15) is 79.1 Å². The van der Waals surface area contributed by atoms with Crippen molar-refractivity contribution in [2.45, 2.75) is 85.2 Å². The molecule has 3 saturated carbocycles. The Kier molecular flexibility index (Phi) is 4.67. The molecule has 0 aromatic carbocycles. The highest BCUT2D eigenvalue weighted by molar-refractivity contribution is 5.99. The van der Waals surface area contributed by atoms with E-state index in [2.05, 4.69) is 25.1 Å². The second-order valence-corrected chi connectivity index (χ2v) is 10.2. The molecule has 0 aromatic heterocycles. The molecule has 0 spiro atoms. The first-order chi connectivity index (χ1) is 12.8. The number of carbonyl (C=O) groups is 1. The van der Waals surface area contributed by atoms with E-state index in [0.717, 1.165) is 36.8 Å². The molecule has 27 heavy (non-hydrogen) atoms. The fraction of sp³-hybridized carbons (Fsp3) is 0.826. The second kappa shape index (κ2) is 6.63. The average molecular weight is 374 g/mol. The van der Waals surface area contributed by atoms with Gasteiger partial charge in [0.15, 0.2) is 0 Å². The highest BCUT2D eigenvalue weighted by Crippen LogP contribution is 2.66. The van der Waals surface area contributed by atoms with Crippen LogP contribution in [0, 0.1) is 34.5 Å². The zero-order chi connectivity index (χ0) is 19.4. The molecule has 0 aliphatic heterocycles. The molecule has 4 heteroatoms. The SMILES string of the molecule is CC(=O)O[C@@H]1CC[C@@]2(C)[C@@H](CC[C@@H]3[C@H]2CC[C@]2(C)C(/C(C)=N\O)=CC[C@H]32)C1. The van der Waals surface area contributed by atoms with Gasteiger partial charge in [-0.3, -0.25) is 4.79 Å². The van der Waals surface area contributed by atoms with Crippen molar-refractivity contribution in [2.24, 2.45) is 39.7 Å². The minimum absolute atomic E-state index is 0.129. The van der Waals surface area contributed by atoms with Crippen LogP contribution in [0.4, 0.5) is 0 Å². The molecule has 4 aliphatic carbocycles. The third-order valence-corrected chi connectivity index (χ3v) is 9.07. The molecule has 4 nitrogen and oxygen atoms in total. The zero-order valence-corrected chi connectivity index (χ0v) is 17.3. The van der Waals surface area contributed by atoms with Gasteiger partial charge in [0.2, 0.25) is 0 Å². The van der Waals surface area contributed by atoms with Crippen molar-refractivity contribution in [1.29, 1.82) is 0 Å². The van der Waals surface area contributed by atoms with E-state index in [1.54, 1.807) is 0 Å². The largest absolute Gasteiger partial charge is 0.463 e. The van der Waals surface area contributed by atoms with E-state index < -0.39 is 0 Å². The average Bonchev–Trinajstić information content (AvgIpc) is 2.98. The molecule has 4 rings (SSSR count). The first kappa shape index (κ1) is 19.0. The minimum Gasteiger partial charge on any atom is -0.463 e. The molecule has 0 aromatic rings. The second-order valence-electron chi connectivity index (χ2n) is 10.2. The van der Waals surface area contributed by atoms with Gasteiger partial charge < -0.3 is 9.94 Å². The van der Waals surface area contributed by atoms with Gasteiger partial charge in [-0.2, -0.15) is 0 Å². The Labute approximate surface area is 163 Å². The summed E-state index contributed by atoms with van der Waals surface area (Å²) in [6.45, 7) is 8.42.